The summed E-state index contributed by atoms with van der Waals surface area (Å²) in [4.78, 5) is 32.3. The number of aromatic amines is 2. The van der Waals surface area contributed by atoms with Crippen LogP contribution in [0.4, 0.5) is 5.69 Å². The van der Waals surface area contributed by atoms with Gasteiger partial charge in [0, 0.05) is 40.9 Å². The largest absolute Gasteiger partial charge is 0.396 e. The molecule has 0 radical (unpaired) electrons. The van der Waals surface area contributed by atoms with Crippen LogP contribution in [-0.2, 0) is 6.42 Å². The summed E-state index contributed by atoms with van der Waals surface area (Å²) < 4.78 is 2.90. The van der Waals surface area contributed by atoms with Gasteiger partial charge >= 0.3 is 0 Å². The van der Waals surface area contributed by atoms with E-state index in [1.54, 1.807) is 31.0 Å². The maximum Gasteiger partial charge on any atom is 0.261 e. The van der Waals surface area contributed by atoms with Crippen LogP contribution in [0.15, 0.2) is 81.6 Å². The van der Waals surface area contributed by atoms with E-state index in [-0.39, 0.29) is 18.1 Å². The summed E-state index contributed by atoms with van der Waals surface area (Å²) in [5.41, 5.74) is 5.11. The lowest BCUT2D eigenvalue weighted by Gasteiger charge is -2.10. The Morgan fingerprint density at radius 1 is 1.26 bits per heavy atom. The van der Waals surface area contributed by atoms with E-state index in [9.17, 15) is 9.90 Å². The van der Waals surface area contributed by atoms with Crippen molar-refractivity contribution in [1.82, 2.24) is 24.5 Å². The molecule has 9 heteroatoms. The molecule has 0 aliphatic rings. The molecule has 35 heavy (non-hydrogen) atoms. The minimum Gasteiger partial charge on any atom is -0.396 e. The molecule has 0 aliphatic heterocycles. The number of nitrogens with one attached hydrogen (secondary N) is 2. The predicted octanol–water partition coefficient (Wildman–Crippen LogP) is 4.73. The van der Waals surface area contributed by atoms with Crippen LogP contribution in [0.2, 0.25) is 0 Å². The van der Waals surface area contributed by atoms with Crippen molar-refractivity contribution in [1.29, 1.82) is 0 Å². The van der Waals surface area contributed by atoms with Crippen LogP contribution in [0.3, 0.4) is 0 Å². The topological polar surface area (TPSA) is 112 Å². The lowest BCUT2D eigenvalue weighted by atomic mass is 10.0. The van der Waals surface area contributed by atoms with Gasteiger partial charge in [0.1, 0.15) is 11.4 Å². The second-order valence-electron chi connectivity index (χ2n) is 8.30. The number of rotatable bonds is 7. The van der Waals surface area contributed by atoms with Gasteiger partial charge in [-0.2, -0.15) is 0 Å². The number of pyridine rings is 1. The SMILES string of the molecule is Cc1cc(-n2ccnc2)cc2[nH]c(-c3c(N=CC(CO)Cc4ccccc4Br)cc[nH]c3=O)nc12. The maximum absolute atomic E-state index is 12.8. The molecule has 176 valence electrons. The Bertz CT molecular complexity index is 1570. The van der Waals surface area contributed by atoms with Crippen molar-refractivity contribution in [3.05, 3.63) is 93.3 Å². The summed E-state index contributed by atoms with van der Waals surface area (Å²) in [6, 6.07) is 13.6. The molecule has 0 aliphatic carbocycles. The second-order valence-corrected chi connectivity index (χ2v) is 9.15. The van der Waals surface area contributed by atoms with E-state index in [4.69, 9.17) is 4.98 Å². The Balaban J connectivity index is 1.51. The third-order valence-electron chi connectivity index (χ3n) is 5.84. The van der Waals surface area contributed by atoms with Gasteiger partial charge < -0.3 is 19.6 Å². The number of aliphatic imine (C=N–C) groups is 1. The number of aromatic nitrogens is 5. The zero-order valence-corrected chi connectivity index (χ0v) is 20.5. The van der Waals surface area contributed by atoms with E-state index < -0.39 is 0 Å². The quantitative estimate of drug-likeness (QED) is 0.264. The number of aliphatic hydroxyl groups excluding tert-OH is 1. The van der Waals surface area contributed by atoms with Crippen LogP contribution in [0.1, 0.15) is 11.1 Å². The molecule has 1 unspecified atom stereocenters. The molecule has 0 amide bonds. The van der Waals surface area contributed by atoms with E-state index in [1.165, 1.54) is 0 Å². The molecule has 8 nitrogen and oxygen atoms in total. The molecule has 3 aromatic heterocycles. The zero-order valence-electron chi connectivity index (χ0n) is 18.9. The smallest absolute Gasteiger partial charge is 0.261 e. The number of hydrogen-bond acceptors (Lipinski definition) is 5. The summed E-state index contributed by atoms with van der Waals surface area (Å²) in [6.07, 6.45) is 9.20. The molecule has 0 fully saturated rings. The molecule has 5 aromatic rings. The fourth-order valence-corrected chi connectivity index (χ4v) is 4.50. The summed E-state index contributed by atoms with van der Waals surface area (Å²) >= 11 is 3.55. The Morgan fingerprint density at radius 2 is 2.11 bits per heavy atom. The monoisotopic (exact) mass is 530 g/mol. The molecule has 3 heterocycles. The lowest BCUT2D eigenvalue weighted by molar-refractivity contribution is 0.263. The highest BCUT2D eigenvalue weighted by Gasteiger charge is 2.16. The van der Waals surface area contributed by atoms with Gasteiger partial charge in [-0.1, -0.05) is 34.1 Å². The number of hydrogen-bond donors (Lipinski definition) is 3. The first-order valence-corrected chi connectivity index (χ1v) is 11.9. The molecule has 0 bridgehead atoms. The third-order valence-corrected chi connectivity index (χ3v) is 6.61. The van der Waals surface area contributed by atoms with Crippen LogP contribution in [0.25, 0.3) is 28.1 Å². The standard InChI is InChI=1S/C26H23BrN6O2/c1-16-10-19(33-9-8-28-15-33)12-22-24(16)32-25(31-22)23-21(6-7-29-26(23)35)30-13-17(14-34)11-18-4-2-3-5-20(18)27/h2-10,12-13,15,17,34H,11,14H2,1H3,(H,29,35)(H,31,32). The number of nitrogens with zero attached hydrogens (tertiary/aromatic N) is 4. The first-order valence-electron chi connectivity index (χ1n) is 11.1. The number of H-pyrrole nitrogens is 2. The van der Waals surface area contributed by atoms with Crippen molar-refractivity contribution in [3.8, 4) is 17.1 Å². The first kappa shape index (κ1) is 22.9. The Morgan fingerprint density at radius 3 is 2.89 bits per heavy atom. The van der Waals surface area contributed by atoms with Crippen molar-refractivity contribution < 1.29 is 5.11 Å². The van der Waals surface area contributed by atoms with Gasteiger partial charge in [-0.15, -0.1) is 0 Å². The highest BCUT2D eigenvalue weighted by Crippen LogP contribution is 2.29. The van der Waals surface area contributed by atoms with Crippen molar-refractivity contribution in [2.24, 2.45) is 10.9 Å². The fraction of sp³-hybridized carbons (Fsp3) is 0.154. The average Bonchev–Trinajstić information content (AvgIpc) is 3.53. The average molecular weight is 531 g/mol. The van der Waals surface area contributed by atoms with Gasteiger partial charge in [0.05, 0.1) is 29.7 Å². The van der Waals surface area contributed by atoms with Crippen molar-refractivity contribution in [3.63, 3.8) is 0 Å². The van der Waals surface area contributed by atoms with E-state index in [2.05, 4.69) is 35.9 Å². The number of benzene rings is 2. The van der Waals surface area contributed by atoms with Gasteiger partial charge in [0.2, 0.25) is 0 Å². The van der Waals surface area contributed by atoms with Gasteiger partial charge in [0.25, 0.3) is 5.56 Å². The molecule has 2 aromatic carbocycles. The van der Waals surface area contributed by atoms with Crippen LogP contribution in [0, 0.1) is 12.8 Å². The van der Waals surface area contributed by atoms with Gasteiger partial charge in [0.15, 0.2) is 0 Å². The Hall–Kier alpha value is -3.82. The number of fused-ring (bicyclic) bond motifs is 1. The molecular formula is C26H23BrN6O2. The van der Waals surface area contributed by atoms with Crippen molar-refractivity contribution in [2.45, 2.75) is 13.3 Å². The van der Waals surface area contributed by atoms with E-state index in [0.29, 0.717) is 23.5 Å². The van der Waals surface area contributed by atoms with Crippen LogP contribution in [-0.4, -0.2) is 42.4 Å². The molecule has 0 saturated heterocycles. The highest BCUT2D eigenvalue weighted by molar-refractivity contribution is 9.10. The minimum atomic E-state index is -0.294. The normalized spacial score (nSPS) is 12.5. The van der Waals surface area contributed by atoms with Gasteiger partial charge in [-0.3, -0.25) is 9.79 Å². The van der Waals surface area contributed by atoms with Gasteiger partial charge in [-0.05, 0) is 48.7 Å². The summed E-state index contributed by atoms with van der Waals surface area (Å²) in [5.74, 6) is 0.225. The Kier molecular flexibility index (Phi) is 6.43. The predicted molar refractivity (Wildman–Crippen MR) is 141 cm³/mol. The van der Waals surface area contributed by atoms with Gasteiger partial charge in [-0.25, -0.2) is 9.97 Å². The molecule has 5 rings (SSSR count). The summed E-state index contributed by atoms with van der Waals surface area (Å²) in [5, 5.41) is 9.93. The summed E-state index contributed by atoms with van der Waals surface area (Å²) in [6.45, 7) is 1.92. The van der Waals surface area contributed by atoms with Crippen molar-refractivity contribution >= 4 is 38.9 Å². The Labute approximate surface area is 209 Å². The van der Waals surface area contributed by atoms with E-state index in [0.717, 1.165) is 32.3 Å². The number of aliphatic hydroxyl groups is 1. The summed E-state index contributed by atoms with van der Waals surface area (Å²) in [7, 11) is 0. The molecule has 0 saturated carbocycles. The van der Waals surface area contributed by atoms with Crippen LogP contribution < -0.4 is 5.56 Å². The molecular weight excluding hydrogens is 508 g/mol. The van der Waals surface area contributed by atoms with E-state index in [1.807, 2.05) is 54.1 Å². The molecule has 1 atom stereocenters. The highest BCUT2D eigenvalue weighted by atomic mass is 79.9. The first-order chi connectivity index (χ1) is 17.0. The van der Waals surface area contributed by atoms with E-state index >= 15 is 0 Å². The fourth-order valence-electron chi connectivity index (χ4n) is 4.05. The lowest BCUT2D eigenvalue weighted by Crippen LogP contribution is -2.12. The number of aryl methyl sites for hydroxylation is 1. The second kappa shape index (κ2) is 9.81. The third kappa shape index (κ3) is 4.73. The molecule has 0 spiro atoms. The minimum absolute atomic E-state index is 0.0653. The number of imidazole rings is 2. The molecule has 3 N–H and O–H groups in total. The zero-order chi connectivity index (χ0) is 24.4. The number of halogens is 1. The van der Waals surface area contributed by atoms with Crippen molar-refractivity contribution in [2.75, 3.05) is 6.61 Å². The van der Waals surface area contributed by atoms with Crippen LogP contribution >= 0.6 is 15.9 Å². The van der Waals surface area contributed by atoms with Crippen LogP contribution in [0.5, 0.6) is 0 Å². The maximum atomic E-state index is 12.8.